The number of aromatic nitrogens is 4. The average Bonchev–Trinajstić information content (AvgIpc) is 3.23. The quantitative estimate of drug-likeness (QED) is 0.374. The molecule has 2 heterocycles. The van der Waals surface area contributed by atoms with Crippen molar-refractivity contribution in [1.29, 1.82) is 0 Å². The van der Waals surface area contributed by atoms with E-state index in [1.165, 1.54) is 5.56 Å². The monoisotopic (exact) mass is 457 g/mol. The standard InChI is InChI=1S/C26H31N7O/c1-26(2,14-17-15-29-25(27)30-16-17)18-9-10-21-22(13-18)32-23(31-21)19-7-5-6-8-20(19)24(34)28-11-12-33(3)4/h5-10,13,15-16H,11-12,14H2,1-4H3,(H,28,34)(H,31,32)(H2,27,29,30). The van der Waals surface area contributed by atoms with Gasteiger partial charge in [-0.3, -0.25) is 4.79 Å². The molecule has 0 fully saturated rings. The molecule has 0 spiro atoms. The van der Waals surface area contributed by atoms with Gasteiger partial charge in [0.15, 0.2) is 0 Å². The van der Waals surface area contributed by atoms with Gasteiger partial charge in [-0.25, -0.2) is 15.0 Å². The molecule has 0 bridgehead atoms. The molecule has 4 N–H and O–H groups in total. The van der Waals surface area contributed by atoms with E-state index in [4.69, 9.17) is 10.7 Å². The van der Waals surface area contributed by atoms with E-state index >= 15 is 0 Å². The van der Waals surface area contributed by atoms with E-state index in [1.54, 1.807) is 12.4 Å². The van der Waals surface area contributed by atoms with Crippen LogP contribution in [0, 0.1) is 0 Å². The molecule has 8 heteroatoms. The number of carbonyl (C=O) groups excluding carboxylic acids is 1. The van der Waals surface area contributed by atoms with E-state index in [-0.39, 0.29) is 17.3 Å². The second kappa shape index (κ2) is 9.61. The maximum absolute atomic E-state index is 12.8. The lowest BCUT2D eigenvalue weighted by molar-refractivity contribution is 0.0951. The number of aromatic amines is 1. The third kappa shape index (κ3) is 5.23. The number of rotatable bonds is 8. The minimum absolute atomic E-state index is 0.106. The number of carbonyl (C=O) groups is 1. The lowest BCUT2D eigenvalue weighted by atomic mass is 9.79. The van der Waals surface area contributed by atoms with Gasteiger partial charge >= 0.3 is 0 Å². The molecular weight excluding hydrogens is 426 g/mol. The van der Waals surface area contributed by atoms with Crippen LogP contribution in [-0.4, -0.2) is 57.9 Å². The van der Waals surface area contributed by atoms with Crippen LogP contribution in [0.2, 0.25) is 0 Å². The fourth-order valence-electron chi connectivity index (χ4n) is 4.00. The van der Waals surface area contributed by atoms with Gasteiger partial charge in [-0.2, -0.15) is 0 Å². The number of nitrogens with one attached hydrogen (secondary N) is 2. The molecule has 0 radical (unpaired) electrons. The smallest absolute Gasteiger partial charge is 0.252 e. The molecular formula is C26H31N7O. The Morgan fingerprint density at radius 2 is 1.85 bits per heavy atom. The largest absolute Gasteiger partial charge is 0.368 e. The first kappa shape index (κ1) is 23.4. The minimum Gasteiger partial charge on any atom is -0.368 e. The SMILES string of the molecule is CN(C)CCNC(=O)c1ccccc1-c1nc2ccc(C(C)(C)Cc3cnc(N)nc3)cc2[nH]1. The van der Waals surface area contributed by atoms with Crippen molar-refractivity contribution < 1.29 is 4.79 Å². The van der Waals surface area contributed by atoms with Crippen LogP contribution < -0.4 is 11.1 Å². The lowest BCUT2D eigenvalue weighted by Gasteiger charge is -2.25. The molecule has 8 nitrogen and oxygen atoms in total. The lowest BCUT2D eigenvalue weighted by Crippen LogP contribution is -2.31. The summed E-state index contributed by atoms with van der Waals surface area (Å²) in [5.74, 6) is 0.848. The van der Waals surface area contributed by atoms with E-state index in [9.17, 15) is 4.79 Å². The molecule has 0 saturated carbocycles. The zero-order valence-electron chi connectivity index (χ0n) is 20.1. The Morgan fingerprint density at radius 3 is 2.59 bits per heavy atom. The summed E-state index contributed by atoms with van der Waals surface area (Å²) in [5.41, 5.74) is 10.8. The van der Waals surface area contributed by atoms with E-state index in [0.717, 1.165) is 35.1 Å². The maximum Gasteiger partial charge on any atom is 0.252 e. The summed E-state index contributed by atoms with van der Waals surface area (Å²) >= 11 is 0. The van der Waals surface area contributed by atoms with Gasteiger partial charge in [0.25, 0.3) is 5.91 Å². The first-order valence-corrected chi connectivity index (χ1v) is 11.3. The molecule has 4 rings (SSSR count). The molecule has 0 saturated heterocycles. The Bertz CT molecular complexity index is 1290. The summed E-state index contributed by atoms with van der Waals surface area (Å²) in [6.45, 7) is 5.74. The van der Waals surface area contributed by atoms with Gasteiger partial charge in [0, 0.05) is 31.0 Å². The summed E-state index contributed by atoms with van der Waals surface area (Å²) in [5, 5.41) is 2.99. The number of amides is 1. The van der Waals surface area contributed by atoms with Crippen LogP contribution in [0.3, 0.4) is 0 Å². The van der Waals surface area contributed by atoms with Crippen molar-refractivity contribution in [3.8, 4) is 11.4 Å². The van der Waals surface area contributed by atoms with Crippen LogP contribution in [0.25, 0.3) is 22.4 Å². The second-order valence-corrected chi connectivity index (χ2v) is 9.43. The Morgan fingerprint density at radius 1 is 1.12 bits per heavy atom. The third-order valence-electron chi connectivity index (χ3n) is 5.91. The highest BCUT2D eigenvalue weighted by Gasteiger charge is 2.23. The number of anilines is 1. The minimum atomic E-state index is -0.150. The van der Waals surface area contributed by atoms with Gasteiger partial charge in [0.2, 0.25) is 5.95 Å². The number of likely N-dealkylation sites (N-methyl/N-ethyl adjacent to an activating group) is 1. The fraction of sp³-hybridized carbons (Fsp3) is 0.308. The zero-order valence-corrected chi connectivity index (χ0v) is 20.1. The third-order valence-corrected chi connectivity index (χ3v) is 5.91. The number of fused-ring (bicyclic) bond motifs is 1. The van der Waals surface area contributed by atoms with Crippen molar-refractivity contribution in [2.75, 3.05) is 32.9 Å². The van der Waals surface area contributed by atoms with Crippen LogP contribution in [0.15, 0.2) is 54.9 Å². The Balaban J connectivity index is 1.60. The number of nitrogens with zero attached hydrogens (tertiary/aromatic N) is 4. The maximum atomic E-state index is 12.8. The van der Waals surface area contributed by atoms with Crippen molar-refractivity contribution in [3.05, 3.63) is 71.5 Å². The van der Waals surface area contributed by atoms with Gasteiger partial charge in [-0.15, -0.1) is 0 Å². The fourth-order valence-corrected chi connectivity index (χ4v) is 4.00. The number of imidazole rings is 1. The van der Waals surface area contributed by atoms with Crippen LogP contribution in [0.1, 0.15) is 35.3 Å². The number of hydrogen-bond acceptors (Lipinski definition) is 6. The van der Waals surface area contributed by atoms with Crippen LogP contribution in [0.4, 0.5) is 5.95 Å². The number of hydrogen-bond donors (Lipinski definition) is 3. The van der Waals surface area contributed by atoms with Crippen molar-refractivity contribution in [2.24, 2.45) is 0 Å². The molecule has 4 aromatic rings. The number of benzene rings is 2. The normalized spacial score (nSPS) is 11.8. The van der Waals surface area contributed by atoms with E-state index in [2.05, 4.69) is 46.2 Å². The number of H-pyrrole nitrogens is 1. The van der Waals surface area contributed by atoms with Crippen molar-refractivity contribution in [2.45, 2.75) is 25.7 Å². The Labute approximate surface area is 199 Å². The summed E-state index contributed by atoms with van der Waals surface area (Å²) in [6, 6.07) is 13.8. The topological polar surface area (TPSA) is 113 Å². The summed E-state index contributed by atoms with van der Waals surface area (Å²) in [4.78, 5) is 31.3. The molecule has 176 valence electrons. The number of nitrogen functional groups attached to an aromatic ring is 1. The van der Waals surface area contributed by atoms with Gasteiger partial charge in [0.1, 0.15) is 5.82 Å². The second-order valence-electron chi connectivity index (χ2n) is 9.43. The van der Waals surface area contributed by atoms with Gasteiger partial charge in [0.05, 0.1) is 16.6 Å². The molecule has 2 aromatic heterocycles. The van der Waals surface area contributed by atoms with Crippen LogP contribution >= 0.6 is 0 Å². The molecule has 0 aliphatic carbocycles. The molecule has 1 amide bonds. The van der Waals surface area contributed by atoms with Crippen LogP contribution in [-0.2, 0) is 11.8 Å². The Kier molecular flexibility index (Phi) is 6.61. The Hall–Kier alpha value is -3.78. The van der Waals surface area contributed by atoms with Crippen molar-refractivity contribution in [3.63, 3.8) is 0 Å². The van der Waals surface area contributed by atoms with Crippen molar-refractivity contribution >= 4 is 22.9 Å². The summed E-state index contributed by atoms with van der Waals surface area (Å²) < 4.78 is 0. The van der Waals surface area contributed by atoms with Crippen LogP contribution in [0.5, 0.6) is 0 Å². The molecule has 34 heavy (non-hydrogen) atoms. The number of nitrogens with two attached hydrogens (primary N) is 1. The highest BCUT2D eigenvalue weighted by Crippen LogP contribution is 2.31. The highest BCUT2D eigenvalue weighted by molar-refractivity contribution is 6.00. The van der Waals surface area contributed by atoms with Gasteiger partial charge in [-0.05, 0) is 55.3 Å². The average molecular weight is 458 g/mol. The predicted molar refractivity (Wildman–Crippen MR) is 136 cm³/mol. The molecule has 0 atom stereocenters. The highest BCUT2D eigenvalue weighted by atomic mass is 16.1. The first-order valence-electron chi connectivity index (χ1n) is 11.3. The van der Waals surface area contributed by atoms with Crippen molar-refractivity contribution in [1.82, 2.24) is 30.2 Å². The molecule has 0 unspecified atom stereocenters. The van der Waals surface area contributed by atoms with Gasteiger partial charge in [-0.1, -0.05) is 38.1 Å². The first-order chi connectivity index (χ1) is 16.2. The molecule has 0 aliphatic rings. The molecule has 2 aromatic carbocycles. The molecule has 0 aliphatic heterocycles. The summed E-state index contributed by atoms with van der Waals surface area (Å²) in [7, 11) is 3.96. The predicted octanol–water partition coefficient (Wildman–Crippen LogP) is 3.41. The van der Waals surface area contributed by atoms with Gasteiger partial charge < -0.3 is 20.9 Å². The van der Waals surface area contributed by atoms with E-state index in [0.29, 0.717) is 17.9 Å². The van der Waals surface area contributed by atoms with E-state index < -0.39 is 0 Å². The summed E-state index contributed by atoms with van der Waals surface area (Å²) in [6.07, 6.45) is 4.32. The van der Waals surface area contributed by atoms with E-state index in [1.807, 2.05) is 49.3 Å². The zero-order chi connectivity index (χ0) is 24.3.